The highest BCUT2D eigenvalue weighted by Gasteiger charge is 2.25. The van der Waals surface area contributed by atoms with Gasteiger partial charge in [-0.1, -0.05) is 6.07 Å². The van der Waals surface area contributed by atoms with Gasteiger partial charge in [-0.3, -0.25) is 14.7 Å². The first-order chi connectivity index (χ1) is 12.6. The summed E-state index contributed by atoms with van der Waals surface area (Å²) in [6.45, 7) is 0.891. The summed E-state index contributed by atoms with van der Waals surface area (Å²) < 4.78 is 13.3. The number of hydrogen-bond donors (Lipinski definition) is 2. The molecule has 26 heavy (non-hydrogen) atoms. The minimum absolute atomic E-state index is 0.170. The van der Waals surface area contributed by atoms with Crippen molar-refractivity contribution >= 4 is 17.6 Å². The Morgan fingerprint density at radius 3 is 2.81 bits per heavy atom. The van der Waals surface area contributed by atoms with Crippen molar-refractivity contribution in [2.24, 2.45) is 0 Å². The summed E-state index contributed by atoms with van der Waals surface area (Å²) >= 11 is 0. The molecule has 0 bridgehead atoms. The molecule has 0 saturated carbocycles. The molecule has 2 aromatic rings. The lowest BCUT2D eigenvalue weighted by atomic mass is 10.1. The average Bonchev–Trinajstić information content (AvgIpc) is 2.86. The van der Waals surface area contributed by atoms with Crippen LogP contribution in [0.1, 0.15) is 24.8 Å². The molecule has 1 atom stereocenters. The Hall–Kier alpha value is -2.96. The van der Waals surface area contributed by atoms with Gasteiger partial charge in [0.05, 0.1) is 6.54 Å². The molecular formula is C19H21FN4O2. The Balaban J connectivity index is 1.80. The van der Waals surface area contributed by atoms with E-state index < -0.39 is 12.1 Å². The van der Waals surface area contributed by atoms with E-state index >= 15 is 0 Å². The zero-order chi connectivity index (χ0) is 18.4. The van der Waals surface area contributed by atoms with Crippen LogP contribution >= 0.6 is 0 Å². The van der Waals surface area contributed by atoms with E-state index in [0.29, 0.717) is 18.7 Å². The normalized spacial score (nSPS) is 17.1. The molecule has 1 aliphatic rings. The highest BCUT2D eigenvalue weighted by Crippen LogP contribution is 2.18. The molecule has 1 fully saturated rings. The maximum absolute atomic E-state index is 13.3. The van der Waals surface area contributed by atoms with Crippen molar-refractivity contribution in [3.05, 3.63) is 60.2 Å². The number of pyridine rings is 1. The van der Waals surface area contributed by atoms with E-state index in [1.165, 1.54) is 17.0 Å². The quantitative estimate of drug-likeness (QED) is 0.884. The van der Waals surface area contributed by atoms with E-state index in [1.807, 2.05) is 6.07 Å². The number of amides is 3. The molecule has 1 unspecified atom stereocenters. The summed E-state index contributed by atoms with van der Waals surface area (Å²) in [6, 6.07) is 8.36. The second kappa shape index (κ2) is 8.42. The SMILES string of the molecule is O=C1NCCCCC1NC(=O)N(Cc1cccnc1)c1ccc(F)cc1. The van der Waals surface area contributed by atoms with Gasteiger partial charge >= 0.3 is 6.03 Å². The van der Waals surface area contributed by atoms with Gasteiger partial charge in [0.25, 0.3) is 0 Å². The van der Waals surface area contributed by atoms with E-state index in [9.17, 15) is 14.0 Å². The second-order valence-electron chi connectivity index (χ2n) is 6.21. The van der Waals surface area contributed by atoms with Crippen LogP contribution < -0.4 is 15.5 Å². The van der Waals surface area contributed by atoms with Crippen molar-refractivity contribution in [3.8, 4) is 0 Å². The van der Waals surface area contributed by atoms with Gasteiger partial charge in [-0.05, 0) is 55.2 Å². The third-order valence-electron chi connectivity index (χ3n) is 4.28. The second-order valence-corrected chi connectivity index (χ2v) is 6.21. The van der Waals surface area contributed by atoms with Crippen LogP contribution in [0.15, 0.2) is 48.8 Å². The third kappa shape index (κ3) is 4.56. The summed E-state index contributed by atoms with van der Waals surface area (Å²) in [5.74, 6) is -0.546. The van der Waals surface area contributed by atoms with Gasteiger partial charge in [-0.2, -0.15) is 0 Å². The van der Waals surface area contributed by atoms with Crippen molar-refractivity contribution < 1.29 is 14.0 Å². The lowest BCUT2D eigenvalue weighted by molar-refractivity contribution is -0.122. The van der Waals surface area contributed by atoms with Gasteiger partial charge in [0.1, 0.15) is 11.9 Å². The fraction of sp³-hybridized carbons (Fsp3) is 0.316. The third-order valence-corrected chi connectivity index (χ3v) is 4.28. The monoisotopic (exact) mass is 356 g/mol. The molecular weight excluding hydrogens is 335 g/mol. The predicted molar refractivity (Wildman–Crippen MR) is 96.0 cm³/mol. The molecule has 2 heterocycles. The fourth-order valence-electron chi connectivity index (χ4n) is 2.88. The Morgan fingerprint density at radius 2 is 2.08 bits per heavy atom. The standard InChI is InChI=1S/C19H21FN4O2/c20-15-6-8-16(9-7-15)24(13-14-4-3-10-21-12-14)19(26)23-17-5-1-2-11-22-18(17)25/h3-4,6-10,12,17H,1-2,5,11,13H2,(H,22,25)(H,23,26). The minimum atomic E-state index is -0.568. The molecule has 3 rings (SSSR count). The number of halogens is 1. The molecule has 1 aliphatic heterocycles. The Labute approximate surface area is 151 Å². The van der Waals surface area contributed by atoms with Gasteiger partial charge in [0, 0.05) is 24.6 Å². The molecule has 1 aromatic carbocycles. The lowest BCUT2D eigenvalue weighted by Crippen LogP contribution is -2.50. The Bertz CT molecular complexity index is 752. The van der Waals surface area contributed by atoms with E-state index in [1.54, 1.807) is 30.6 Å². The lowest BCUT2D eigenvalue weighted by Gasteiger charge is -2.26. The van der Waals surface area contributed by atoms with Crippen LogP contribution in [0, 0.1) is 5.82 Å². The van der Waals surface area contributed by atoms with Gasteiger partial charge in [0.2, 0.25) is 5.91 Å². The predicted octanol–water partition coefficient (Wildman–Crippen LogP) is 2.61. The van der Waals surface area contributed by atoms with Crippen LogP contribution in [0.4, 0.5) is 14.9 Å². The minimum Gasteiger partial charge on any atom is -0.354 e. The highest BCUT2D eigenvalue weighted by molar-refractivity contribution is 5.95. The Kier molecular flexibility index (Phi) is 5.78. The molecule has 2 N–H and O–H groups in total. The zero-order valence-electron chi connectivity index (χ0n) is 14.3. The van der Waals surface area contributed by atoms with Gasteiger partial charge in [0.15, 0.2) is 0 Å². The first-order valence-electron chi connectivity index (χ1n) is 8.64. The summed E-state index contributed by atoms with van der Waals surface area (Å²) in [7, 11) is 0. The molecule has 3 amide bonds. The van der Waals surface area contributed by atoms with E-state index in [2.05, 4.69) is 15.6 Å². The molecule has 0 aliphatic carbocycles. The maximum Gasteiger partial charge on any atom is 0.322 e. The molecule has 6 nitrogen and oxygen atoms in total. The van der Waals surface area contributed by atoms with E-state index in [4.69, 9.17) is 0 Å². The zero-order valence-corrected chi connectivity index (χ0v) is 14.3. The molecule has 1 saturated heterocycles. The summed E-state index contributed by atoms with van der Waals surface area (Å²) in [4.78, 5) is 30.5. The number of anilines is 1. The number of rotatable bonds is 4. The average molecular weight is 356 g/mol. The van der Waals surface area contributed by atoms with Crippen molar-refractivity contribution in [2.45, 2.75) is 31.8 Å². The summed E-state index contributed by atoms with van der Waals surface area (Å²) in [6.07, 6.45) is 5.68. The number of nitrogens with one attached hydrogen (secondary N) is 2. The van der Waals surface area contributed by atoms with Crippen LogP contribution in [0.3, 0.4) is 0 Å². The van der Waals surface area contributed by atoms with Crippen LogP contribution in [0.5, 0.6) is 0 Å². The van der Waals surface area contributed by atoms with Crippen LogP contribution in [0.2, 0.25) is 0 Å². The van der Waals surface area contributed by atoms with Crippen molar-refractivity contribution in [1.82, 2.24) is 15.6 Å². The van der Waals surface area contributed by atoms with Crippen molar-refractivity contribution in [3.63, 3.8) is 0 Å². The van der Waals surface area contributed by atoms with Crippen LogP contribution in [0.25, 0.3) is 0 Å². The first-order valence-corrected chi connectivity index (χ1v) is 8.64. The molecule has 7 heteroatoms. The van der Waals surface area contributed by atoms with Crippen LogP contribution in [-0.2, 0) is 11.3 Å². The first kappa shape index (κ1) is 17.8. The summed E-state index contributed by atoms with van der Waals surface area (Å²) in [5.41, 5.74) is 1.37. The summed E-state index contributed by atoms with van der Waals surface area (Å²) in [5, 5.41) is 5.61. The van der Waals surface area contributed by atoms with E-state index in [-0.39, 0.29) is 18.3 Å². The molecule has 0 spiro atoms. The fourth-order valence-corrected chi connectivity index (χ4v) is 2.88. The maximum atomic E-state index is 13.3. The number of carbonyl (C=O) groups is 2. The molecule has 0 radical (unpaired) electrons. The number of carbonyl (C=O) groups excluding carboxylic acids is 2. The topological polar surface area (TPSA) is 74.3 Å². The number of benzene rings is 1. The Morgan fingerprint density at radius 1 is 1.27 bits per heavy atom. The molecule has 136 valence electrons. The number of aromatic nitrogens is 1. The van der Waals surface area contributed by atoms with Gasteiger partial charge in [-0.15, -0.1) is 0 Å². The van der Waals surface area contributed by atoms with Crippen molar-refractivity contribution in [1.29, 1.82) is 0 Å². The highest BCUT2D eigenvalue weighted by atomic mass is 19.1. The number of nitrogens with zero attached hydrogens (tertiary/aromatic N) is 2. The number of urea groups is 1. The van der Waals surface area contributed by atoms with Crippen molar-refractivity contribution in [2.75, 3.05) is 11.4 Å². The van der Waals surface area contributed by atoms with Crippen LogP contribution in [-0.4, -0.2) is 29.5 Å². The largest absolute Gasteiger partial charge is 0.354 e. The van der Waals surface area contributed by atoms with Gasteiger partial charge in [-0.25, -0.2) is 9.18 Å². The smallest absolute Gasteiger partial charge is 0.322 e. The van der Waals surface area contributed by atoms with E-state index in [0.717, 1.165) is 18.4 Å². The number of hydrogen-bond acceptors (Lipinski definition) is 3. The molecule has 1 aromatic heterocycles. The van der Waals surface area contributed by atoms with Gasteiger partial charge < -0.3 is 10.6 Å².